The summed E-state index contributed by atoms with van der Waals surface area (Å²) >= 11 is 1.51. The van der Waals surface area contributed by atoms with E-state index < -0.39 is 17.9 Å². The summed E-state index contributed by atoms with van der Waals surface area (Å²) in [5, 5.41) is 8.85. The van der Waals surface area contributed by atoms with E-state index in [2.05, 4.69) is 0 Å². The van der Waals surface area contributed by atoms with Crippen molar-refractivity contribution in [3.63, 3.8) is 0 Å². The lowest BCUT2D eigenvalue weighted by molar-refractivity contribution is -0.133. The monoisotopic (exact) mass is 324 g/mol. The summed E-state index contributed by atoms with van der Waals surface area (Å²) in [5.41, 5.74) is 0. The van der Waals surface area contributed by atoms with E-state index in [0.29, 0.717) is 11.6 Å². The summed E-state index contributed by atoms with van der Waals surface area (Å²) in [4.78, 5) is 39.1. The quantitative estimate of drug-likeness (QED) is 0.896. The first-order chi connectivity index (χ1) is 10.6. The number of carboxylic acid groups (broad SMARTS) is 1. The van der Waals surface area contributed by atoms with Gasteiger partial charge in [0.1, 0.15) is 6.04 Å². The molecule has 1 atom stereocenters. The summed E-state index contributed by atoms with van der Waals surface area (Å²) in [5.74, 6) is -1.04. The topological polar surface area (TPSA) is 91.1 Å². The van der Waals surface area contributed by atoms with Crippen molar-refractivity contribution < 1.29 is 23.9 Å². The molecule has 0 aromatic carbocycles. The number of carbonyl (C=O) groups excluding carboxylic acids is 2. The molecule has 118 valence electrons. The minimum absolute atomic E-state index is 0.0270. The van der Waals surface area contributed by atoms with Gasteiger partial charge in [-0.05, 0) is 25.0 Å². The molecule has 0 aliphatic carbocycles. The molecule has 1 aromatic rings. The first kappa shape index (κ1) is 15.0. The molecule has 2 aliphatic heterocycles. The van der Waals surface area contributed by atoms with Crippen LogP contribution in [-0.4, -0.2) is 63.5 Å². The number of carbonyl (C=O) groups is 3. The number of carboxylic acids is 1. The molecule has 0 bridgehead atoms. The fraction of sp³-hybridized carbons (Fsp3) is 0.500. The zero-order valence-corrected chi connectivity index (χ0v) is 12.7. The number of hydrogen-bond acceptors (Lipinski definition) is 5. The van der Waals surface area contributed by atoms with Crippen molar-refractivity contribution in [2.24, 2.45) is 0 Å². The van der Waals surface area contributed by atoms with E-state index in [4.69, 9.17) is 9.52 Å². The van der Waals surface area contributed by atoms with Gasteiger partial charge in [-0.3, -0.25) is 9.59 Å². The number of amides is 2. The maximum absolute atomic E-state index is 12.5. The van der Waals surface area contributed by atoms with E-state index in [1.54, 1.807) is 4.90 Å². The van der Waals surface area contributed by atoms with Gasteiger partial charge in [0.05, 0.1) is 5.88 Å². The molecule has 2 fully saturated rings. The van der Waals surface area contributed by atoms with Crippen LogP contribution in [0.1, 0.15) is 34.0 Å². The van der Waals surface area contributed by atoms with Gasteiger partial charge in [-0.25, -0.2) is 4.79 Å². The van der Waals surface area contributed by atoms with Crippen LogP contribution in [0.25, 0.3) is 0 Å². The molecule has 7 nitrogen and oxygen atoms in total. The lowest BCUT2D eigenvalue weighted by Crippen LogP contribution is -2.48. The van der Waals surface area contributed by atoms with Crippen LogP contribution < -0.4 is 0 Å². The van der Waals surface area contributed by atoms with Crippen molar-refractivity contribution in [3.8, 4) is 0 Å². The van der Waals surface area contributed by atoms with Gasteiger partial charge in [-0.2, -0.15) is 0 Å². The molecule has 1 aromatic heterocycles. The Hall–Kier alpha value is -1.96. The Morgan fingerprint density at radius 2 is 1.86 bits per heavy atom. The molecule has 3 heterocycles. The van der Waals surface area contributed by atoms with Crippen molar-refractivity contribution >= 4 is 29.5 Å². The Morgan fingerprint density at radius 3 is 2.50 bits per heavy atom. The molecule has 0 spiro atoms. The molecule has 1 unspecified atom stereocenters. The van der Waals surface area contributed by atoms with Crippen LogP contribution in [0.5, 0.6) is 0 Å². The van der Waals surface area contributed by atoms with E-state index in [9.17, 15) is 14.4 Å². The number of nitrogens with zero attached hydrogens (tertiary/aromatic N) is 2. The normalized spacial score (nSPS) is 21.4. The Morgan fingerprint density at radius 1 is 1.18 bits per heavy atom. The van der Waals surface area contributed by atoms with E-state index in [1.165, 1.54) is 28.8 Å². The van der Waals surface area contributed by atoms with Gasteiger partial charge in [0.15, 0.2) is 5.76 Å². The molecule has 2 aliphatic rings. The number of furan rings is 1. The van der Waals surface area contributed by atoms with Crippen LogP contribution in [0.4, 0.5) is 0 Å². The lowest BCUT2D eigenvalue weighted by Gasteiger charge is -2.26. The summed E-state index contributed by atoms with van der Waals surface area (Å²) in [6, 6.07) is 2.09. The van der Waals surface area contributed by atoms with E-state index >= 15 is 0 Å². The highest BCUT2D eigenvalue weighted by molar-refractivity contribution is 7.99. The minimum Gasteiger partial charge on any atom is -0.475 e. The fourth-order valence-electron chi connectivity index (χ4n) is 2.70. The van der Waals surface area contributed by atoms with Crippen molar-refractivity contribution in [2.45, 2.75) is 18.9 Å². The second-order valence-corrected chi connectivity index (χ2v) is 6.29. The molecule has 22 heavy (non-hydrogen) atoms. The molecule has 1 N–H and O–H groups in total. The summed E-state index contributed by atoms with van der Waals surface area (Å²) in [6.07, 6.45) is 2.00. The van der Waals surface area contributed by atoms with Crippen LogP contribution in [0.2, 0.25) is 0 Å². The smallest absolute Gasteiger partial charge is 0.371 e. The summed E-state index contributed by atoms with van der Waals surface area (Å²) < 4.78 is 5.05. The van der Waals surface area contributed by atoms with Crippen molar-refractivity contribution in [2.75, 3.05) is 24.7 Å². The third-order valence-corrected chi connectivity index (χ3v) is 4.89. The van der Waals surface area contributed by atoms with Gasteiger partial charge in [-0.15, -0.1) is 11.8 Å². The molecule has 2 saturated heterocycles. The molecular weight excluding hydrogens is 308 g/mol. The van der Waals surface area contributed by atoms with Crippen LogP contribution in [0.3, 0.4) is 0 Å². The minimum atomic E-state index is -1.22. The standard InChI is InChI=1S/C14H16N2O5S/c17-12(15-5-1-2-6-15)9-7-22-8-16(9)13(18)10-3-4-11(21-10)14(19)20/h3-4,9H,1-2,5-8H2,(H,19,20). The third-order valence-electron chi connectivity index (χ3n) is 3.87. The van der Waals surface area contributed by atoms with Crippen LogP contribution >= 0.6 is 11.8 Å². The zero-order chi connectivity index (χ0) is 15.7. The second-order valence-electron chi connectivity index (χ2n) is 5.29. The Balaban J connectivity index is 1.75. The predicted molar refractivity (Wildman–Crippen MR) is 78.8 cm³/mol. The maximum Gasteiger partial charge on any atom is 0.371 e. The number of aromatic carboxylic acids is 1. The summed E-state index contributed by atoms with van der Waals surface area (Å²) in [6.45, 7) is 1.48. The van der Waals surface area contributed by atoms with E-state index in [-0.39, 0.29) is 17.4 Å². The maximum atomic E-state index is 12.5. The van der Waals surface area contributed by atoms with Crippen molar-refractivity contribution in [1.29, 1.82) is 0 Å². The molecule has 2 amide bonds. The number of likely N-dealkylation sites (tertiary alicyclic amines) is 1. The highest BCUT2D eigenvalue weighted by atomic mass is 32.2. The van der Waals surface area contributed by atoms with E-state index in [1.807, 2.05) is 0 Å². The zero-order valence-electron chi connectivity index (χ0n) is 11.9. The third kappa shape index (κ3) is 2.70. The van der Waals surface area contributed by atoms with Gasteiger partial charge in [0, 0.05) is 18.8 Å². The molecular formula is C14H16N2O5S. The Labute approximate surface area is 131 Å². The molecule has 3 rings (SSSR count). The first-order valence-corrected chi connectivity index (χ1v) is 8.24. The predicted octanol–water partition coefficient (Wildman–Crippen LogP) is 1.12. The Bertz CT molecular complexity index is 608. The number of rotatable bonds is 3. The fourth-order valence-corrected chi connectivity index (χ4v) is 3.85. The van der Waals surface area contributed by atoms with Gasteiger partial charge in [0.25, 0.3) is 5.91 Å². The highest BCUT2D eigenvalue weighted by Gasteiger charge is 2.39. The van der Waals surface area contributed by atoms with Gasteiger partial charge >= 0.3 is 5.97 Å². The van der Waals surface area contributed by atoms with Gasteiger partial charge in [-0.1, -0.05) is 0 Å². The summed E-state index contributed by atoms with van der Waals surface area (Å²) in [7, 11) is 0. The van der Waals surface area contributed by atoms with Crippen LogP contribution in [-0.2, 0) is 4.79 Å². The lowest BCUT2D eigenvalue weighted by atomic mass is 10.2. The highest BCUT2D eigenvalue weighted by Crippen LogP contribution is 2.26. The first-order valence-electron chi connectivity index (χ1n) is 7.08. The average molecular weight is 324 g/mol. The van der Waals surface area contributed by atoms with Crippen LogP contribution in [0, 0.1) is 0 Å². The average Bonchev–Trinajstić information content (AvgIpc) is 3.25. The van der Waals surface area contributed by atoms with Gasteiger partial charge in [0.2, 0.25) is 11.7 Å². The molecule has 0 saturated carbocycles. The van der Waals surface area contributed by atoms with Crippen LogP contribution in [0.15, 0.2) is 16.5 Å². The Kier molecular flexibility index (Phi) is 4.10. The second kappa shape index (κ2) is 6.04. The van der Waals surface area contributed by atoms with Crippen molar-refractivity contribution in [1.82, 2.24) is 9.80 Å². The SMILES string of the molecule is O=C(O)c1ccc(C(=O)N2CSCC2C(=O)N2CCCC2)o1. The van der Waals surface area contributed by atoms with E-state index in [0.717, 1.165) is 25.9 Å². The molecule has 8 heteroatoms. The number of thioether (sulfide) groups is 1. The van der Waals surface area contributed by atoms with Crippen molar-refractivity contribution in [3.05, 3.63) is 23.7 Å². The van der Waals surface area contributed by atoms with Gasteiger partial charge < -0.3 is 19.3 Å². The number of hydrogen-bond donors (Lipinski definition) is 1. The molecule has 0 radical (unpaired) electrons. The largest absolute Gasteiger partial charge is 0.475 e.